The number of amides is 1. The molecular weight excluding hydrogens is 218 g/mol. The first kappa shape index (κ1) is 11.2. The second-order valence-electron chi connectivity index (χ2n) is 2.62. The van der Waals surface area contributed by atoms with E-state index < -0.39 is 11.9 Å². The summed E-state index contributed by atoms with van der Waals surface area (Å²) in [4.78, 5) is 25.0. The molecule has 1 radical (unpaired) electrons. The van der Waals surface area contributed by atoms with E-state index in [1.54, 1.807) is 0 Å². The summed E-state index contributed by atoms with van der Waals surface area (Å²) in [6.07, 6.45) is 0.837. The van der Waals surface area contributed by atoms with Gasteiger partial charge < -0.3 is 10.8 Å². The number of carboxylic acids is 1. The first-order chi connectivity index (χ1) is 7.00. The molecule has 0 unspecified atom stereocenters. The number of nitrogens with two attached hydrogens (primary N) is 1. The number of carbonyl (C=O) groups is 2. The van der Waals surface area contributed by atoms with Crippen molar-refractivity contribution in [3.63, 3.8) is 0 Å². The van der Waals surface area contributed by atoms with Gasteiger partial charge in [0.25, 0.3) is 5.91 Å². The molecule has 79 valence electrons. The fourth-order valence-electron chi connectivity index (χ4n) is 0.914. The Kier molecular flexibility index (Phi) is 3.40. The second-order valence-corrected chi connectivity index (χ2v) is 3.51. The standard InChI is InChI=1S/C8H8N3O3S/c9-7(14)4(1-2-6(12)13)5-3-15-8(10)11-5/h1,3,9H,2H2,(H2,10,11)(H,12,13). The molecule has 0 bridgehead atoms. The molecule has 0 atom stereocenters. The lowest BCUT2D eigenvalue weighted by molar-refractivity contribution is -0.135. The lowest BCUT2D eigenvalue weighted by Gasteiger charge is -1.96. The Morgan fingerprint density at radius 1 is 1.67 bits per heavy atom. The minimum Gasteiger partial charge on any atom is -0.481 e. The summed E-state index contributed by atoms with van der Waals surface area (Å²) in [6.45, 7) is 0. The van der Waals surface area contributed by atoms with Crippen LogP contribution < -0.4 is 11.5 Å². The second kappa shape index (κ2) is 4.56. The molecule has 7 heteroatoms. The quantitative estimate of drug-likeness (QED) is 0.720. The van der Waals surface area contributed by atoms with Crippen LogP contribution in [0.4, 0.5) is 5.13 Å². The Labute approximate surface area is 89.2 Å². The first-order valence-corrected chi connectivity index (χ1v) is 4.78. The zero-order valence-electron chi connectivity index (χ0n) is 7.56. The van der Waals surface area contributed by atoms with E-state index in [0.717, 1.165) is 17.4 Å². The van der Waals surface area contributed by atoms with Crippen LogP contribution in [0.25, 0.3) is 5.57 Å². The molecule has 0 aromatic carbocycles. The van der Waals surface area contributed by atoms with Gasteiger partial charge in [-0.25, -0.2) is 4.98 Å². The molecular formula is C8H8N3O3S. The van der Waals surface area contributed by atoms with Gasteiger partial charge in [0.2, 0.25) is 0 Å². The molecule has 0 fully saturated rings. The fourth-order valence-corrected chi connectivity index (χ4v) is 1.48. The third-order valence-electron chi connectivity index (χ3n) is 1.52. The number of thiazole rings is 1. The van der Waals surface area contributed by atoms with Crippen LogP contribution in [0.15, 0.2) is 11.5 Å². The number of rotatable bonds is 4. The molecule has 0 saturated heterocycles. The summed E-state index contributed by atoms with van der Waals surface area (Å²) >= 11 is 1.13. The number of aliphatic carboxylic acids is 1. The maximum Gasteiger partial charge on any atom is 0.307 e. The molecule has 0 spiro atoms. The molecule has 6 nitrogen and oxygen atoms in total. The van der Waals surface area contributed by atoms with Crippen molar-refractivity contribution in [2.75, 3.05) is 5.73 Å². The summed E-state index contributed by atoms with van der Waals surface area (Å²) in [7, 11) is 0. The maximum atomic E-state index is 10.9. The van der Waals surface area contributed by atoms with Crippen LogP contribution in [-0.4, -0.2) is 22.0 Å². The van der Waals surface area contributed by atoms with E-state index in [2.05, 4.69) is 4.98 Å². The molecule has 1 heterocycles. The molecule has 0 aliphatic carbocycles. The van der Waals surface area contributed by atoms with Gasteiger partial charge in [0, 0.05) is 5.38 Å². The maximum absolute atomic E-state index is 10.9. The Morgan fingerprint density at radius 3 is 2.73 bits per heavy atom. The van der Waals surface area contributed by atoms with Crippen molar-refractivity contribution in [2.45, 2.75) is 6.42 Å². The highest BCUT2D eigenvalue weighted by Gasteiger charge is 2.12. The Morgan fingerprint density at radius 2 is 2.33 bits per heavy atom. The van der Waals surface area contributed by atoms with Gasteiger partial charge in [-0.3, -0.25) is 15.3 Å². The molecule has 0 aliphatic heterocycles. The zero-order chi connectivity index (χ0) is 11.4. The van der Waals surface area contributed by atoms with Crippen molar-refractivity contribution in [3.05, 3.63) is 17.2 Å². The van der Waals surface area contributed by atoms with Crippen molar-refractivity contribution in [1.29, 1.82) is 0 Å². The summed E-state index contributed by atoms with van der Waals surface area (Å²) in [6, 6.07) is 0. The van der Waals surface area contributed by atoms with E-state index in [4.69, 9.17) is 16.6 Å². The molecule has 1 amide bonds. The van der Waals surface area contributed by atoms with Gasteiger partial charge in [-0.15, -0.1) is 11.3 Å². The third-order valence-corrected chi connectivity index (χ3v) is 2.20. The summed E-state index contributed by atoms with van der Waals surface area (Å²) in [5.74, 6) is -2.04. The average molecular weight is 226 g/mol. The number of hydrogen-bond donors (Lipinski definition) is 2. The van der Waals surface area contributed by atoms with Gasteiger partial charge in [-0.2, -0.15) is 0 Å². The van der Waals surface area contributed by atoms with Gasteiger partial charge in [0.15, 0.2) is 5.13 Å². The highest BCUT2D eigenvalue weighted by molar-refractivity contribution is 7.13. The normalized spacial score (nSPS) is 11.3. The van der Waals surface area contributed by atoms with Gasteiger partial charge in [-0.05, 0) is 0 Å². The first-order valence-electron chi connectivity index (χ1n) is 3.90. The van der Waals surface area contributed by atoms with E-state index in [0.29, 0.717) is 0 Å². The van der Waals surface area contributed by atoms with Crippen molar-refractivity contribution in [3.8, 4) is 0 Å². The lowest BCUT2D eigenvalue weighted by atomic mass is 10.1. The number of nitrogens with zero attached hydrogens (tertiary/aromatic N) is 1. The van der Waals surface area contributed by atoms with Crippen LogP contribution >= 0.6 is 11.3 Å². The topological polar surface area (TPSA) is 117 Å². The Bertz CT molecular complexity index is 425. The smallest absolute Gasteiger partial charge is 0.307 e. The molecule has 1 rings (SSSR count). The average Bonchev–Trinajstić information content (AvgIpc) is 2.51. The number of anilines is 1. The zero-order valence-corrected chi connectivity index (χ0v) is 8.37. The molecule has 1 aromatic heterocycles. The van der Waals surface area contributed by atoms with E-state index in [9.17, 15) is 9.59 Å². The number of hydrogen-bond acceptors (Lipinski definition) is 5. The Balaban J connectivity index is 2.98. The van der Waals surface area contributed by atoms with Crippen LogP contribution in [-0.2, 0) is 9.59 Å². The summed E-state index contributed by atoms with van der Waals surface area (Å²) in [5.41, 5.74) is 12.5. The van der Waals surface area contributed by atoms with Crippen molar-refractivity contribution >= 4 is 33.9 Å². The van der Waals surface area contributed by atoms with E-state index in [-0.39, 0.29) is 22.8 Å². The number of carbonyl (C=O) groups excluding carboxylic acids is 1. The number of aromatic nitrogens is 1. The van der Waals surface area contributed by atoms with Crippen molar-refractivity contribution in [2.24, 2.45) is 0 Å². The molecule has 15 heavy (non-hydrogen) atoms. The highest BCUT2D eigenvalue weighted by Crippen LogP contribution is 2.19. The Hall–Kier alpha value is -1.89. The summed E-state index contributed by atoms with van der Waals surface area (Å²) < 4.78 is 0. The monoisotopic (exact) mass is 226 g/mol. The summed E-state index contributed by atoms with van der Waals surface area (Å²) in [5, 5.41) is 10.2. The van der Waals surface area contributed by atoms with Crippen LogP contribution in [0.1, 0.15) is 12.1 Å². The number of carboxylic acid groups (broad SMARTS) is 1. The minimum absolute atomic E-state index is 0.0367. The van der Waals surface area contributed by atoms with E-state index in [1.807, 2.05) is 0 Å². The van der Waals surface area contributed by atoms with Gasteiger partial charge in [0.1, 0.15) is 0 Å². The molecule has 0 saturated carbocycles. The predicted molar refractivity (Wildman–Crippen MR) is 54.9 cm³/mol. The SMILES string of the molecule is [NH]C(=O)C(=CCC(=O)O)c1csc(N)n1. The predicted octanol–water partition coefficient (Wildman–Crippen LogP) is 0.393. The molecule has 0 aliphatic rings. The van der Waals surface area contributed by atoms with Crippen molar-refractivity contribution in [1.82, 2.24) is 10.7 Å². The third kappa shape index (κ3) is 3.06. The van der Waals surface area contributed by atoms with Crippen LogP contribution in [0.3, 0.4) is 0 Å². The number of nitrogens with one attached hydrogen (secondary N) is 1. The van der Waals surface area contributed by atoms with E-state index in [1.165, 1.54) is 5.38 Å². The fraction of sp³-hybridized carbons (Fsp3) is 0.125. The molecule has 1 aromatic rings. The van der Waals surface area contributed by atoms with Crippen LogP contribution in [0.5, 0.6) is 0 Å². The van der Waals surface area contributed by atoms with E-state index >= 15 is 0 Å². The number of nitrogen functional groups attached to an aromatic ring is 1. The minimum atomic E-state index is -1.07. The van der Waals surface area contributed by atoms with Gasteiger partial charge >= 0.3 is 5.97 Å². The molecule has 4 N–H and O–H groups in total. The van der Waals surface area contributed by atoms with Crippen molar-refractivity contribution < 1.29 is 14.7 Å². The lowest BCUT2D eigenvalue weighted by Crippen LogP contribution is -2.04. The van der Waals surface area contributed by atoms with Crippen LogP contribution in [0, 0.1) is 0 Å². The van der Waals surface area contributed by atoms with Gasteiger partial charge in [0.05, 0.1) is 17.7 Å². The highest BCUT2D eigenvalue weighted by atomic mass is 32.1. The van der Waals surface area contributed by atoms with Crippen LogP contribution in [0.2, 0.25) is 0 Å². The van der Waals surface area contributed by atoms with Gasteiger partial charge in [-0.1, -0.05) is 6.08 Å². The largest absolute Gasteiger partial charge is 0.481 e.